The molecule has 1 rings (SSSR count). The van der Waals surface area contributed by atoms with Crippen LogP contribution >= 0.6 is 0 Å². The van der Waals surface area contributed by atoms with Crippen LogP contribution in [0.15, 0.2) is 0 Å². The monoisotopic (exact) mass is 179 g/mol. The smallest absolute Gasteiger partial charge is 0.205 e. The molecule has 1 fully saturated rings. The minimum Gasteiger partial charge on any atom is -0.388 e. The Hall–Kier alpha value is -0.240. The van der Waals surface area contributed by atoms with E-state index in [-0.39, 0.29) is 0 Å². The third-order valence-electron chi connectivity index (χ3n) is 1.94. The number of hydrogen-bond acceptors (Lipinski definition) is 6. The van der Waals surface area contributed by atoms with Gasteiger partial charge in [-0.15, -0.1) is 0 Å². The molecule has 1 saturated heterocycles. The van der Waals surface area contributed by atoms with Crippen LogP contribution in [0.4, 0.5) is 0 Å². The second kappa shape index (κ2) is 3.65. The normalized spacial score (nSPS) is 49.2. The molecule has 0 saturated carbocycles. The van der Waals surface area contributed by atoms with Gasteiger partial charge in [0.05, 0.1) is 6.10 Å². The van der Waals surface area contributed by atoms with E-state index in [1.165, 1.54) is 0 Å². The maximum atomic E-state index is 9.20. The van der Waals surface area contributed by atoms with Gasteiger partial charge in [0.2, 0.25) is 6.29 Å². The minimum absolute atomic E-state index is 0.614. The minimum atomic E-state index is -1.32. The molecule has 0 amide bonds. The Kier molecular flexibility index (Phi) is 2.99. The van der Waals surface area contributed by atoms with Gasteiger partial charge in [-0.3, -0.25) is 4.84 Å². The van der Waals surface area contributed by atoms with Gasteiger partial charge in [0.25, 0.3) is 0 Å². The lowest BCUT2D eigenvalue weighted by molar-refractivity contribution is -0.294. The lowest BCUT2D eigenvalue weighted by Gasteiger charge is -2.37. The summed E-state index contributed by atoms with van der Waals surface area (Å²) in [5.41, 5.74) is 0. The maximum absolute atomic E-state index is 9.20. The van der Waals surface area contributed by atoms with Crippen molar-refractivity contribution in [1.29, 1.82) is 0 Å². The first-order valence-electron chi connectivity index (χ1n) is 3.63. The second-order valence-electron chi connectivity index (χ2n) is 2.82. The van der Waals surface area contributed by atoms with Crippen molar-refractivity contribution in [1.82, 2.24) is 0 Å². The lowest BCUT2D eigenvalue weighted by atomic mass is 10.0. The van der Waals surface area contributed by atoms with E-state index in [1.807, 2.05) is 0 Å². The van der Waals surface area contributed by atoms with Crippen LogP contribution in [0.5, 0.6) is 0 Å². The number of ether oxygens (including phenoxy) is 1. The molecule has 1 aliphatic heterocycles. The van der Waals surface area contributed by atoms with Gasteiger partial charge < -0.3 is 20.1 Å². The number of aliphatic hydroxyl groups is 3. The van der Waals surface area contributed by atoms with Crippen LogP contribution < -0.4 is 5.90 Å². The average Bonchev–Trinajstić information content (AvgIpc) is 2.08. The van der Waals surface area contributed by atoms with Gasteiger partial charge in [0.15, 0.2) is 0 Å². The van der Waals surface area contributed by atoms with Crippen LogP contribution in [0.25, 0.3) is 0 Å². The Morgan fingerprint density at radius 1 is 1.17 bits per heavy atom. The summed E-state index contributed by atoms with van der Waals surface area (Å²) in [6.45, 7) is 1.55. The van der Waals surface area contributed by atoms with E-state index in [4.69, 9.17) is 10.6 Å². The van der Waals surface area contributed by atoms with Gasteiger partial charge in [0, 0.05) is 0 Å². The molecule has 0 aromatic heterocycles. The molecule has 6 heteroatoms. The molecule has 0 bridgehead atoms. The molecule has 0 radical (unpaired) electrons. The fourth-order valence-electron chi connectivity index (χ4n) is 1.13. The van der Waals surface area contributed by atoms with Crippen LogP contribution in [0.2, 0.25) is 0 Å². The largest absolute Gasteiger partial charge is 0.388 e. The molecule has 0 aromatic carbocycles. The third kappa shape index (κ3) is 1.58. The van der Waals surface area contributed by atoms with E-state index >= 15 is 0 Å². The lowest BCUT2D eigenvalue weighted by Crippen LogP contribution is -2.57. The molecule has 5 N–H and O–H groups in total. The summed E-state index contributed by atoms with van der Waals surface area (Å²) in [6, 6.07) is 0. The van der Waals surface area contributed by atoms with Crippen LogP contribution in [0.1, 0.15) is 6.92 Å². The SMILES string of the molecule is C[C@@H]1OC(ON)[C@H](O)[C@H](O)[C@H]1O. The van der Waals surface area contributed by atoms with Crippen molar-refractivity contribution in [2.75, 3.05) is 0 Å². The number of nitrogens with two attached hydrogens (primary N) is 1. The van der Waals surface area contributed by atoms with Crippen molar-refractivity contribution in [2.45, 2.75) is 37.6 Å². The number of hydrogen-bond donors (Lipinski definition) is 4. The van der Waals surface area contributed by atoms with Gasteiger partial charge in [-0.25, -0.2) is 5.90 Å². The van der Waals surface area contributed by atoms with Gasteiger partial charge in [-0.05, 0) is 6.92 Å². The maximum Gasteiger partial charge on any atom is 0.205 e. The summed E-state index contributed by atoms with van der Waals surface area (Å²) < 4.78 is 4.92. The predicted molar refractivity (Wildman–Crippen MR) is 37.6 cm³/mol. The number of rotatable bonds is 1. The van der Waals surface area contributed by atoms with Crippen LogP contribution in [0.3, 0.4) is 0 Å². The molecule has 1 unspecified atom stereocenters. The fraction of sp³-hybridized carbons (Fsp3) is 1.00. The van der Waals surface area contributed by atoms with E-state index < -0.39 is 30.7 Å². The Morgan fingerprint density at radius 3 is 2.25 bits per heavy atom. The highest BCUT2D eigenvalue weighted by atomic mass is 16.8. The van der Waals surface area contributed by atoms with Crippen molar-refractivity contribution in [3.05, 3.63) is 0 Å². The molecule has 1 heterocycles. The van der Waals surface area contributed by atoms with Gasteiger partial charge in [-0.2, -0.15) is 0 Å². The van der Waals surface area contributed by atoms with Gasteiger partial charge in [-0.1, -0.05) is 0 Å². The summed E-state index contributed by atoms with van der Waals surface area (Å²) >= 11 is 0. The van der Waals surface area contributed by atoms with Crippen molar-refractivity contribution in [3.8, 4) is 0 Å². The van der Waals surface area contributed by atoms with Crippen molar-refractivity contribution in [2.24, 2.45) is 5.90 Å². The highest BCUT2D eigenvalue weighted by molar-refractivity contribution is 4.86. The summed E-state index contributed by atoms with van der Waals surface area (Å²) in [5.74, 6) is 4.79. The molecule has 0 aromatic rings. The molecule has 6 nitrogen and oxygen atoms in total. The molecule has 1 aliphatic rings. The van der Waals surface area contributed by atoms with E-state index in [0.29, 0.717) is 0 Å². The van der Waals surface area contributed by atoms with E-state index in [0.717, 1.165) is 0 Å². The molecule has 72 valence electrons. The highest BCUT2D eigenvalue weighted by Gasteiger charge is 2.42. The molecule has 0 spiro atoms. The van der Waals surface area contributed by atoms with E-state index in [9.17, 15) is 15.3 Å². The zero-order chi connectivity index (χ0) is 9.30. The Bertz CT molecular complexity index is 150. The standard InChI is InChI=1S/C6H13NO5/c1-2-3(8)4(9)5(10)6(11-2)12-7/h2-6,8-10H,7H2,1H3/t2-,3-,4+,5+,6?/m0/s1. The first-order chi connectivity index (χ1) is 5.57. The fourth-order valence-corrected chi connectivity index (χ4v) is 1.13. The zero-order valence-corrected chi connectivity index (χ0v) is 6.62. The van der Waals surface area contributed by atoms with Gasteiger partial charge >= 0.3 is 0 Å². The summed E-state index contributed by atoms with van der Waals surface area (Å²) in [6.07, 6.45) is -5.43. The molecule has 5 atom stereocenters. The van der Waals surface area contributed by atoms with Crippen LogP contribution in [-0.4, -0.2) is 46.0 Å². The Balaban J connectivity index is 2.63. The Labute approximate surface area is 69.5 Å². The zero-order valence-electron chi connectivity index (χ0n) is 6.62. The molecular formula is C6H13NO5. The first-order valence-corrected chi connectivity index (χ1v) is 3.63. The molecule has 0 aliphatic carbocycles. The van der Waals surface area contributed by atoms with Gasteiger partial charge in [0.1, 0.15) is 18.3 Å². The highest BCUT2D eigenvalue weighted by Crippen LogP contribution is 2.20. The summed E-state index contributed by atoms with van der Waals surface area (Å²) in [4.78, 5) is 4.25. The first kappa shape index (κ1) is 9.85. The number of aliphatic hydroxyl groups excluding tert-OH is 3. The van der Waals surface area contributed by atoms with Crippen LogP contribution in [-0.2, 0) is 9.57 Å². The molecule has 12 heavy (non-hydrogen) atoms. The van der Waals surface area contributed by atoms with Crippen LogP contribution in [0, 0.1) is 0 Å². The topological polar surface area (TPSA) is 105 Å². The summed E-state index contributed by atoms with van der Waals surface area (Å²) in [5, 5.41) is 27.6. The molecular weight excluding hydrogens is 166 g/mol. The Morgan fingerprint density at radius 2 is 1.75 bits per heavy atom. The van der Waals surface area contributed by atoms with Crippen molar-refractivity contribution < 1.29 is 24.9 Å². The van der Waals surface area contributed by atoms with Crippen molar-refractivity contribution >= 4 is 0 Å². The predicted octanol–water partition coefficient (Wildman–Crippen LogP) is -2.30. The van der Waals surface area contributed by atoms with Crippen molar-refractivity contribution in [3.63, 3.8) is 0 Å². The van der Waals surface area contributed by atoms with E-state index in [2.05, 4.69) is 4.84 Å². The quantitative estimate of drug-likeness (QED) is 0.337. The third-order valence-corrected chi connectivity index (χ3v) is 1.94. The average molecular weight is 179 g/mol. The second-order valence-corrected chi connectivity index (χ2v) is 2.82. The summed E-state index contributed by atoms with van der Waals surface area (Å²) in [7, 11) is 0. The van der Waals surface area contributed by atoms with E-state index in [1.54, 1.807) is 6.92 Å².